The van der Waals surface area contributed by atoms with Crippen molar-refractivity contribution in [1.29, 1.82) is 0 Å². The van der Waals surface area contributed by atoms with Crippen molar-refractivity contribution in [1.82, 2.24) is 20.3 Å². The van der Waals surface area contributed by atoms with Gasteiger partial charge >= 0.3 is 0 Å². The van der Waals surface area contributed by atoms with Crippen LogP contribution in [0.5, 0.6) is 0 Å². The molecule has 7 nitrogen and oxygen atoms in total. The van der Waals surface area contributed by atoms with Crippen molar-refractivity contribution in [3.63, 3.8) is 0 Å². The van der Waals surface area contributed by atoms with Crippen molar-refractivity contribution in [2.24, 2.45) is 0 Å². The Balaban J connectivity index is 1.74. The molecule has 0 bridgehead atoms. The average Bonchev–Trinajstić information content (AvgIpc) is 3.22. The van der Waals surface area contributed by atoms with Crippen molar-refractivity contribution >= 4 is 22.8 Å². The van der Waals surface area contributed by atoms with Gasteiger partial charge in [-0.25, -0.2) is 9.64 Å². The van der Waals surface area contributed by atoms with Gasteiger partial charge in [0.2, 0.25) is 5.91 Å². The van der Waals surface area contributed by atoms with Gasteiger partial charge in [-0.1, -0.05) is 0 Å². The zero-order chi connectivity index (χ0) is 16.2. The van der Waals surface area contributed by atoms with Crippen molar-refractivity contribution in [2.45, 2.75) is 25.7 Å². The lowest BCUT2D eigenvalue weighted by atomic mass is 10.2. The lowest BCUT2D eigenvalue weighted by Crippen LogP contribution is -2.44. The molecule has 0 radical (unpaired) electrons. The van der Waals surface area contributed by atoms with Crippen LogP contribution in [0.25, 0.3) is 11.0 Å². The van der Waals surface area contributed by atoms with Crippen LogP contribution in [0.15, 0.2) is 22.8 Å². The Morgan fingerprint density at radius 3 is 2.83 bits per heavy atom. The van der Waals surface area contributed by atoms with E-state index in [0.717, 1.165) is 6.42 Å². The number of hydrazine groups is 1. The van der Waals surface area contributed by atoms with Crippen LogP contribution in [-0.2, 0) is 4.79 Å². The van der Waals surface area contributed by atoms with Gasteiger partial charge in [-0.3, -0.25) is 14.6 Å². The molecule has 1 fully saturated rings. The number of carbonyl (C=O) groups is 2. The van der Waals surface area contributed by atoms with Gasteiger partial charge in [-0.2, -0.15) is 0 Å². The summed E-state index contributed by atoms with van der Waals surface area (Å²) in [6.45, 7) is 1.07. The summed E-state index contributed by atoms with van der Waals surface area (Å²) < 4.78 is 4.63. The number of nitrogens with zero attached hydrogens (tertiary/aromatic N) is 4. The predicted octanol–water partition coefficient (Wildman–Crippen LogP) is 1.62. The van der Waals surface area contributed by atoms with Gasteiger partial charge in [0, 0.05) is 31.5 Å². The molecule has 1 aliphatic rings. The first-order valence-corrected chi connectivity index (χ1v) is 7.48. The van der Waals surface area contributed by atoms with Crippen molar-refractivity contribution in [3.05, 3.63) is 23.8 Å². The van der Waals surface area contributed by atoms with Gasteiger partial charge < -0.3 is 0 Å². The van der Waals surface area contributed by atoms with E-state index in [2.05, 4.69) is 20.9 Å². The first kappa shape index (κ1) is 15.0. The number of hydrogen-bond acceptors (Lipinski definition) is 5. The summed E-state index contributed by atoms with van der Waals surface area (Å²) in [4.78, 5) is 24.9. The normalized spacial score (nSPS) is 14.2. The number of hydrogen-bond donors (Lipinski definition) is 0. The molecule has 2 aromatic rings. The lowest BCUT2D eigenvalue weighted by Gasteiger charge is -2.28. The Hall–Kier alpha value is -2.88. The molecular formula is C16H16N4O3. The molecule has 7 heteroatoms. The quantitative estimate of drug-likeness (QED) is 0.633. The molecule has 118 valence electrons. The van der Waals surface area contributed by atoms with Gasteiger partial charge in [0.15, 0.2) is 0 Å². The smallest absolute Gasteiger partial charge is 0.272 e. The zero-order valence-electron chi connectivity index (χ0n) is 12.6. The molecular weight excluding hydrogens is 296 g/mol. The van der Waals surface area contributed by atoms with Crippen LogP contribution in [0.3, 0.4) is 0 Å². The minimum Gasteiger partial charge on any atom is -0.273 e. The highest BCUT2D eigenvalue weighted by Gasteiger charge is 2.31. The number of terminal acetylenes is 1. The second-order valence-corrected chi connectivity index (χ2v) is 5.32. The van der Waals surface area contributed by atoms with Crippen LogP contribution in [0.4, 0.5) is 0 Å². The molecule has 1 aromatic heterocycles. The molecule has 23 heavy (non-hydrogen) atoms. The van der Waals surface area contributed by atoms with E-state index in [1.165, 1.54) is 10.0 Å². The molecule has 0 spiro atoms. The fourth-order valence-corrected chi connectivity index (χ4v) is 2.62. The Morgan fingerprint density at radius 2 is 2.00 bits per heavy atom. The van der Waals surface area contributed by atoms with Gasteiger partial charge in [0.1, 0.15) is 11.0 Å². The topological polar surface area (TPSA) is 79.5 Å². The van der Waals surface area contributed by atoms with Crippen LogP contribution >= 0.6 is 0 Å². The van der Waals surface area contributed by atoms with E-state index >= 15 is 0 Å². The first-order chi connectivity index (χ1) is 11.2. The highest BCUT2D eigenvalue weighted by Crippen LogP contribution is 2.19. The molecule has 0 unspecified atom stereocenters. The third-order valence-electron chi connectivity index (χ3n) is 3.77. The molecule has 0 saturated carbocycles. The summed E-state index contributed by atoms with van der Waals surface area (Å²) in [7, 11) is 0. The van der Waals surface area contributed by atoms with Gasteiger partial charge in [-0.05, 0) is 41.4 Å². The summed E-state index contributed by atoms with van der Waals surface area (Å²) >= 11 is 0. The summed E-state index contributed by atoms with van der Waals surface area (Å²) in [6.07, 6.45) is 7.50. The Bertz CT molecular complexity index is 777. The molecule has 1 aliphatic heterocycles. The average molecular weight is 312 g/mol. The molecule has 0 N–H and O–H groups in total. The monoisotopic (exact) mass is 312 g/mol. The van der Waals surface area contributed by atoms with E-state index in [4.69, 9.17) is 6.42 Å². The van der Waals surface area contributed by atoms with Crippen LogP contribution < -0.4 is 0 Å². The number of fused-ring (bicyclic) bond motifs is 1. The van der Waals surface area contributed by atoms with E-state index in [1.807, 2.05) is 0 Å². The first-order valence-electron chi connectivity index (χ1n) is 7.48. The van der Waals surface area contributed by atoms with E-state index in [9.17, 15) is 9.59 Å². The summed E-state index contributed by atoms with van der Waals surface area (Å²) in [5.41, 5.74) is 1.56. The Morgan fingerprint density at radius 1 is 1.22 bits per heavy atom. The Kier molecular flexibility index (Phi) is 4.24. The minimum atomic E-state index is -0.224. The van der Waals surface area contributed by atoms with E-state index in [1.54, 1.807) is 18.2 Å². The number of benzene rings is 1. The third-order valence-corrected chi connectivity index (χ3v) is 3.77. The fourth-order valence-electron chi connectivity index (χ4n) is 2.62. The van der Waals surface area contributed by atoms with Gasteiger partial charge in [-0.15, -0.1) is 12.3 Å². The van der Waals surface area contributed by atoms with Crippen LogP contribution in [0.1, 0.15) is 36.0 Å². The largest absolute Gasteiger partial charge is 0.273 e. The minimum absolute atomic E-state index is 0.0738. The summed E-state index contributed by atoms with van der Waals surface area (Å²) in [5, 5.41) is 10.5. The molecule has 3 rings (SSSR count). The van der Waals surface area contributed by atoms with E-state index in [-0.39, 0.29) is 11.8 Å². The van der Waals surface area contributed by atoms with Crippen LogP contribution in [0, 0.1) is 12.3 Å². The van der Waals surface area contributed by atoms with Crippen molar-refractivity contribution in [2.75, 3.05) is 13.1 Å². The van der Waals surface area contributed by atoms with Crippen molar-refractivity contribution in [3.8, 4) is 12.3 Å². The number of rotatable bonds is 4. The van der Waals surface area contributed by atoms with Crippen LogP contribution in [0.2, 0.25) is 0 Å². The van der Waals surface area contributed by atoms with E-state index in [0.29, 0.717) is 48.9 Å². The van der Waals surface area contributed by atoms with E-state index < -0.39 is 0 Å². The number of amides is 2. The predicted molar refractivity (Wildman–Crippen MR) is 81.9 cm³/mol. The third kappa shape index (κ3) is 3.01. The highest BCUT2D eigenvalue weighted by molar-refractivity contribution is 5.98. The molecule has 1 aromatic carbocycles. The maximum atomic E-state index is 12.7. The number of aromatic nitrogens is 2. The molecule has 0 atom stereocenters. The molecule has 2 heterocycles. The fraction of sp³-hybridized carbons (Fsp3) is 0.375. The highest BCUT2D eigenvalue weighted by atomic mass is 16.6. The SMILES string of the molecule is C#CCCCC(=O)N1CCCN1C(=O)c1ccc2nonc2c1. The number of carbonyl (C=O) groups excluding carboxylic acids is 2. The maximum Gasteiger partial charge on any atom is 0.272 e. The standard InChI is InChI=1S/C16H16N4O3/c1-2-3-4-6-15(21)19-9-5-10-20(19)16(22)12-7-8-13-14(11-12)18-23-17-13/h1,7-8,11H,3-6,9-10H2. The second kappa shape index (κ2) is 6.48. The molecule has 1 saturated heterocycles. The van der Waals surface area contributed by atoms with Crippen molar-refractivity contribution < 1.29 is 14.2 Å². The Labute approximate surface area is 133 Å². The van der Waals surface area contributed by atoms with Gasteiger partial charge in [0.25, 0.3) is 5.91 Å². The summed E-state index contributed by atoms with van der Waals surface area (Å²) in [6, 6.07) is 4.95. The summed E-state index contributed by atoms with van der Waals surface area (Å²) in [5.74, 6) is 2.22. The maximum absolute atomic E-state index is 12.7. The second-order valence-electron chi connectivity index (χ2n) is 5.32. The number of unbranched alkanes of at least 4 members (excludes halogenated alkanes) is 1. The molecule has 2 amide bonds. The van der Waals surface area contributed by atoms with Gasteiger partial charge in [0.05, 0.1) is 0 Å². The van der Waals surface area contributed by atoms with Crippen LogP contribution in [-0.4, -0.2) is 45.2 Å². The zero-order valence-corrected chi connectivity index (χ0v) is 12.6. The molecule has 0 aliphatic carbocycles. The lowest BCUT2D eigenvalue weighted by molar-refractivity contribution is -0.140.